The van der Waals surface area contributed by atoms with Gasteiger partial charge in [-0.15, -0.1) is 0 Å². The summed E-state index contributed by atoms with van der Waals surface area (Å²) in [6, 6.07) is 0. The molecule has 0 aliphatic rings. The molecule has 12 heavy (non-hydrogen) atoms. The maximum absolute atomic E-state index is 12.7. The van der Waals surface area contributed by atoms with Gasteiger partial charge < -0.3 is 4.74 Å². The number of esters is 1. The smallest absolute Gasteiger partial charge is 0.361 e. The highest BCUT2D eigenvalue weighted by atomic mass is 79.9. The average Bonchev–Trinajstić information content (AvgIpc) is 2.08. The van der Waals surface area contributed by atoms with Crippen molar-refractivity contribution in [3.05, 3.63) is 22.4 Å². The van der Waals surface area contributed by atoms with Gasteiger partial charge >= 0.3 is 5.97 Å². The van der Waals surface area contributed by atoms with Crippen molar-refractivity contribution in [1.82, 2.24) is 9.97 Å². The zero-order chi connectivity index (χ0) is 9.14. The molecule has 0 spiro atoms. The molecule has 1 heterocycles. The lowest BCUT2D eigenvalue weighted by molar-refractivity contribution is 0.0586. The van der Waals surface area contributed by atoms with Gasteiger partial charge in [0, 0.05) is 0 Å². The van der Waals surface area contributed by atoms with Crippen LogP contribution in [0.1, 0.15) is 10.5 Å². The van der Waals surface area contributed by atoms with Gasteiger partial charge in [0.15, 0.2) is 0 Å². The van der Waals surface area contributed by atoms with Crippen LogP contribution in [0.5, 0.6) is 0 Å². The van der Waals surface area contributed by atoms with E-state index in [0.29, 0.717) is 0 Å². The molecule has 64 valence electrons. The number of rotatable bonds is 1. The average molecular weight is 235 g/mol. The topological polar surface area (TPSA) is 52.1 Å². The molecule has 0 aliphatic carbocycles. The Hall–Kier alpha value is -1.04. The number of hydrogen-bond acceptors (Lipinski definition) is 4. The molecule has 0 unspecified atom stereocenters. The van der Waals surface area contributed by atoms with Crippen molar-refractivity contribution in [2.75, 3.05) is 7.11 Å². The quantitative estimate of drug-likeness (QED) is 0.685. The Morgan fingerprint density at radius 1 is 1.75 bits per heavy atom. The van der Waals surface area contributed by atoms with Crippen molar-refractivity contribution in [3.8, 4) is 0 Å². The second-order valence-corrected chi connectivity index (χ2v) is 2.64. The van der Waals surface area contributed by atoms with Gasteiger partial charge in [-0.1, -0.05) is 0 Å². The third kappa shape index (κ3) is 1.76. The predicted octanol–water partition coefficient (Wildman–Crippen LogP) is 1.16. The summed E-state index contributed by atoms with van der Waals surface area (Å²) in [5, 5.41) is 0. The fraction of sp³-hybridized carbons (Fsp3) is 0.167. The van der Waals surface area contributed by atoms with Crippen LogP contribution in [0.25, 0.3) is 0 Å². The summed E-state index contributed by atoms with van der Waals surface area (Å²) in [6.07, 6.45) is 1.15. The van der Waals surface area contributed by atoms with Crippen molar-refractivity contribution in [3.63, 3.8) is 0 Å². The Kier molecular flexibility index (Phi) is 2.69. The summed E-state index contributed by atoms with van der Waals surface area (Å²) >= 11 is 2.95. The number of carbonyl (C=O) groups is 1. The highest BCUT2D eigenvalue weighted by Crippen LogP contribution is 2.08. The molecular weight excluding hydrogens is 231 g/mol. The fourth-order valence-electron chi connectivity index (χ4n) is 0.579. The molecule has 0 N–H and O–H groups in total. The normalized spacial score (nSPS) is 9.58. The highest BCUT2D eigenvalue weighted by molar-refractivity contribution is 9.10. The first-order valence-corrected chi connectivity index (χ1v) is 3.71. The minimum absolute atomic E-state index is 0.282. The first kappa shape index (κ1) is 9.05. The number of carbonyl (C=O) groups excluding carboxylic acids is 1. The second kappa shape index (κ2) is 3.57. The van der Waals surface area contributed by atoms with Gasteiger partial charge in [0.25, 0.3) is 0 Å². The summed E-state index contributed by atoms with van der Waals surface area (Å²) in [5.74, 6) is -1.79. The van der Waals surface area contributed by atoms with Gasteiger partial charge in [-0.25, -0.2) is 14.8 Å². The molecule has 1 aromatic rings. The van der Waals surface area contributed by atoms with Crippen LogP contribution in [0.2, 0.25) is 0 Å². The number of halogens is 2. The van der Waals surface area contributed by atoms with Crippen LogP contribution in [-0.4, -0.2) is 23.0 Å². The van der Waals surface area contributed by atoms with E-state index in [1.165, 1.54) is 0 Å². The molecule has 0 fully saturated rings. The van der Waals surface area contributed by atoms with Crippen molar-refractivity contribution in [2.24, 2.45) is 0 Å². The monoisotopic (exact) mass is 234 g/mol. The van der Waals surface area contributed by atoms with Crippen LogP contribution in [0.3, 0.4) is 0 Å². The molecule has 0 radical (unpaired) electrons. The lowest BCUT2D eigenvalue weighted by atomic mass is 10.4. The summed E-state index contributed by atoms with van der Waals surface area (Å²) in [7, 11) is 1.14. The molecule has 0 aromatic carbocycles. The van der Waals surface area contributed by atoms with Crippen LogP contribution in [0.4, 0.5) is 4.39 Å². The minimum Gasteiger partial charge on any atom is -0.464 e. The number of aromatic nitrogens is 2. The summed E-state index contributed by atoms with van der Waals surface area (Å²) in [5.41, 5.74) is -0.424. The minimum atomic E-state index is -0.940. The van der Waals surface area contributed by atoms with Crippen molar-refractivity contribution < 1.29 is 13.9 Å². The Balaban J connectivity index is 3.13. The third-order valence-corrected chi connectivity index (χ3v) is 1.46. The zero-order valence-corrected chi connectivity index (χ0v) is 7.63. The van der Waals surface area contributed by atoms with E-state index >= 15 is 0 Å². The highest BCUT2D eigenvalue weighted by Gasteiger charge is 2.15. The Labute approximate surface area is 75.9 Å². The van der Waals surface area contributed by atoms with Crippen LogP contribution in [0, 0.1) is 5.95 Å². The third-order valence-electron chi connectivity index (χ3n) is 1.08. The molecular formula is C6H4BrFN2O2. The van der Waals surface area contributed by atoms with Crippen molar-refractivity contribution in [1.29, 1.82) is 0 Å². The molecule has 6 heteroatoms. The van der Waals surface area contributed by atoms with E-state index in [1.54, 1.807) is 0 Å². The van der Waals surface area contributed by atoms with Gasteiger partial charge in [-0.2, -0.15) is 4.39 Å². The van der Waals surface area contributed by atoms with Gasteiger partial charge in [-0.05, 0) is 15.9 Å². The lowest BCUT2D eigenvalue weighted by Gasteiger charge is -1.98. The van der Waals surface area contributed by atoms with E-state index < -0.39 is 17.6 Å². The van der Waals surface area contributed by atoms with Crippen LogP contribution >= 0.6 is 15.9 Å². The van der Waals surface area contributed by atoms with Crippen LogP contribution in [0.15, 0.2) is 10.8 Å². The maximum atomic E-state index is 12.7. The van der Waals surface area contributed by atoms with Crippen LogP contribution in [-0.2, 0) is 4.74 Å². The van der Waals surface area contributed by atoms with Crippen molar-refractivity contribution >= 4 is 21.9 Å². The Morgan fingerprint density at radius 2 is 2.42 bits per heavy atom. The van der Waals surface area contributed by atoms with Gasteiger partial charge in [-0.3, -0.25) is 0 Å². The second-order valence-electron chi connectivity index (χ2n) is 1.82. The van der Waals surface area contributed by atoms with E-state index in [4.69, 9.17) is 0 Å². The molecule has 4 nitrogen and oxygen atoms in total. The van der Waals surface area contributed by atoms with E-state index in [9.17, 15) is 9.18 Å². The number of nitrogens with zero attached hydrogens (tertiary/aromatic N) is 2. The first-order chi connectivity index (χ1) is 5.65. The van der Waals surface area contributed by atoms with E-state index in [1.807, 2.05) is 0 Å². The molecule has 0 saturated carbocycles. The molecule has 0 amide bonds. The predicted molar refractivity (Wildman–Crippen MR) is 41.0 cm³/mol. The van der Waals surface area contributed by atoms with E-state index in [0.717, 1.165) is 13.3 Å². The first-order valence-electron chi connectivity index (χ1n) is 2.91. The van der Waals surface area contributed by atoms with Crippen molar-refractivity contribution in [2.45, 2.75) is 0 Å². The van der Waals surface area contributed by atoms with Gasteiger partial charge in [0.1, 0.15) is 4.60 Å². The standard InChI is InChI=1S/C6H4BrFN2O2/c1-12-6(11)4-5(8)9-2-3(7)10-4/h2H,1H3. The van der Waals surface area contributed by atoms with E-state index in [-0.39, 0.29) is 4.60 Å². The maximum Gasteiger partial charge on any atom is 0.361 e. The fourth-order valence-corrected chi connectivity index (χ4v) is 0.859. The summed E-state index contributed by atoms with van der Waals surface area (Å²) < 4.78 is 17.3. The number of hydrogen-bond donors (Lipinski definition) is 0. The molecule has 0 bridgehead atoms. The molecule has 0 aliphatic heterocycles. The Bertz CT molecular complexity index is 318. The van der Waals surface area contributed by atoms with E-state index in [2.05, 4.69) is 30.6 Å². The lowest BCUT2D eigenvalue weighted by Crippen LogP contribution is -2.08. The molecule has 0 atom stereocenters. The summed E-state index contributed by atoms with van der Waals surface area (Å²) in [6.45, 7) is 0. The number of ether oxygens (including phenoxy) is 1. The summed E-state index contributed by atoms with van der Waals surface area (Å²) in [4.78, 5) is 17.6. The molecule has 1 rings (SSSR count). The van der Waals surface area contributed by atoms with Gasteiger partial charge in [0.2, 0.25) is 11.6 Å². The number of methoxy groups -OCH3 is 1. The SMILES string of the molecule is COC(=O)c1nc(Br)cnc1F. The largest absolute Gasteiger partial charge is 0.464 e. The molecule has 0 saturated heterocycles. The van der Waals surface area contributed by atoms with Gasteiger partial charge in [0.05, 0.1) is 13.3 Å². The Morgan fingerprint density at radius 3 is 3.00 bits per heavy atom. The zero-order valence-electron chi connectivity index (χ0n) is 6.04. The molecule has 1 aromatic heterocycles. The van der Waals surface area contributed by atoms with Crippen LogP contribution < -0.4 is 0 Å².